The van der Waals surface area contributed by atoms with Gasteiger partial charge in [-0.05, 0) is 24.6 Å². The van der Waals surface area contributed by atoms with Crippen LogP contribution in [0.3, 0.4) is 0 Å². The zero-order chi connectivity index (χ0) is 15.7. The Hall–Kier alpha value is -1.48. The highest BCUT2D eigenvalue weighted by Crippen LogP contribution is 2.09. The molecule has 0 radical (unpaired) electrons. The molecule has 1 aromatic rings. The fourth-order valence-electron chi connectivity index (χ4n) is 1.54. The Morgan fingerprint density at radius 2 is 2.05 bits per heavy atom. The molecule has 0 aliphatic carbocycles. The predicted octanol–water partition coefficient (Wildman–Crippen LogP) is 0.117. The Kier molecular flexibility index (Phi) is 7.30. The van der Waals surface area contributed by atoms with E-state index >= 15 is 0 Å². The molecule has 0 spiro atoms. The topological polar surface area (TPSA) is 108 Å². The molecule has 0 aromatic heterocycles. The maximum atomic E-state index is 11.9. The van der Waals surface area contributed by atoms with Gasteiger partial charge in [-0.15, -0.1) is 0 Å². The first kappa shape index (κ1) is 17.6. The highest BCUT2D eigenvalue weighted by Gasteiger charge is 2.11. The van der Waals surface area contributed by atoms with E-state index in [4.69, 9.17) is 14.6 Å². The molecule has 0 aliphatic heterocycles. The van der Waals surface area contributed by atoms with Gasteiger partial charge in [-0.25, -0.2) is 13.6 Å². The Morgan fingerprint density at radius 1 is 1.29 bits per heavy atom. The van der Waals surface area contributed by atoms with Gasteiger partial charge in [0.25, 0.3) is 5.91 Å². The summed E-state index contributed by atoms with van der Waals surface area (Å²) in [4.78, 5) is 11.8. The third kappa shape index (κ3) is 6.67. The molecule has 0 aliphatic rings. The molecule has 0 heterocycles. The SMILES string of the molecule is COCCOCCCNC(=O)c1cccc(S(N)(=O)=O)c1. The van der Waals surface area contributed by atoms with Crippen molar-refractivity contribution in [3.63, 3.8) is 0 Å². The van der Waals surface area contributed by atoms with Gasteiger partial charge in [-0.1, -0.05) is 6.07 Å². The highest BCUT2D eigenvalue weighted by atomic mass is 32.2. The van der Waals surface area contributed by atoms with Crippen LogP contribution in [0.4, 0.5) is 0 Å². The molecule has 1 amide bonds. The second-order valence-electron chi connectivity index (χ2n) is 4.29. The van der Waals surface area contributed by atoms with Gasteiger partial charge in [0, 0.05) is 25.8 Å². The molecule has 0 unspecified atom stereocenters. The Bertz CT molecular complexity index is 559. The van der Waals surface area contributed by atoms with Crippen molar-refractivity contribution < 1.29 is 22.7 Å². The number of nitrogens with one attached hydrogen (secondary N) is 1. The number of primary sulfonamides is 1. The first-order valence-corrected chi connectivity index (χ1v) is 7.97. The van der Waals surface area contributed by atoms with Gasteiger partial charge < -0.3 is 14.8 Å². The van der Waals surface area contributed by atoms with E-state index in [0.717, 1.165) is 0 Å². The largest absolute Gasteiger partial charge is 0.382 e. The van der Waals surface area contributed by atoms with E-state index in [1.54, 1.807) is 7.11 Å². The third-order valence-electron chi connectivity index (χ3n) is 2.61. The highest BCUT2D eigenvalue weighted by molar-refractivity contribution is 7.89. The number of methoxy groups -OCH3 is 1. The van der Waals surface area contributed by atoms with Gasteiger partial charge in [0.1, 0.15) is 0 Å². The summed E-state index contributed by atoms with van der Waals surface area (Å²) in [6.07, 6.45) is 0.657. The van der Waals surface area contributed by atoms with E-state index in [1.165, 1.54) is 24.3 Å². The van der Waals surface area contributed by atoms with Crippen LogP contribution in [0.15, 0.2) is 29.2 Å². The minimum atomic E-state index is -3.81. The summed E-state index contributed by atoms with van der Waals surface area (Å²) in [5, 5.41) is 7.70. The van der Waals surface area contributed by atoms with Gasteiger partial charge in [0.05, 0.1) is 18.1 Å². The lowest BCUT2D eigenvalue weighted by molar-refractivity contribution is 0.0688. The van der Waals surface area contributed by atoms with Crippen molar-refractivity contribution in [1.82, 2.24) is 5.32 Å². The molecule has 0 atom stereocenters. The van der Waals surface area contributed by atoms with Crippen molar-refractivity contribution in [2.75, 3.05) is 33.5 Å². The van der Waals surface area contributed by atoms with E-state index in [0.29, 0.717) is 32.8 Å². The fraction of sp³-hybridized carbons (Fsp3) is 0.462. The van der Waals surface area contributed by atoms with E-state index in [2.05, 4.69) is 5.32 Å². The van der Waals surface area contributed by atoms with Crippen LogP contribution in [-0.4, -0.2) is 47.8 Å². The molecular formula is C13H20N2O5S. The lowest BCUT2D eigenvalue weighted by Crippen LogP contribution is -2.25. The molecule has 0 bridgehead atoms. The van der Waals surface area contributed by atoms with Gasteiger partial charge in [-0.2, -0.15) is 0 Å². The van der Waals surface area contributed by atoms with E-state index < -0.39 is 10.0 Å². The Balaban J connectivity index is 2.39. The summed E-state index contributed by atoms with van der Waals surface area (Å²) in [7, 11) is -2.21. The number of rotatable bonds is 9. The van der Waals surface area contributed by atoms with Crippen LogP contribution in [0.1, 0.15) is 16.8 Å². The van der Waals surface area contributed by atoms with Crippen molar-refractivity contribution in [3.8, 4) is 0 Å². The van der Waals surface area contributed by atoms with Crippen LogP contribution >= 0.6 is 0 Å². The predicted molar refractivity (Wildman–Crippen MR) is 77.5 cm³/mol. The normalized spacial score (nSPS) is 11.3. The number of sulfonamides is 1. The van der Waals surface area contributed by atoms with Gasteiger partial charge in [-0.3, -0.25) is 4.79 Å². The van der Waals surface area contributed by atoms with Crippen molar-refractivity contribution in [2.24, 2.45) is 5.14 Å². The lowest BCUT2D eigenvalue weighted by Gasteiger charge is -2.07. The zero-order valence-corrected chi connectivity index (χ0v) is 12.7. The summed E-state index contributed by atoms with van der Waals surface area (Å²) in [5.74, 6) is -0.350. The minimum absolute atomic E-state index is 0.0851. The number of ether oxygens (including phenoxy) is 2. The number of amides is 1. The van der Waals surface area contributed by atoms with Crippen LogP contribution < -0.4 is 10.5 Å². The summed E-state index contributed by atoms with van der Waals surface area (Å²) < 4.78 is 32.5. The molecule has 1 rings (SSSR count). The number of carbonyl (C=O) groups is 1. The number of hydrogen-bond donors (Lipinski definition) is 2. The smallest absolute Gasteiger partial charge is 0.251 e. The standard InChI is InChI=1S/C13H20N2O5S/c1-19-8-9-20-7-3-6-15-13(16)11-4-2-5-12(10-11)21(14,17)18/h2,4-5,10H,3,6-9H2,1H3,(H,15,16)(H2,14,17,18). The summed E-state index contributed by atoms with van der Waals surface area (Å²) >= 11 is 0. The Morgan fingerprint density at radius 3 is 2.71 bits per heavy atom. The van der Waals surface area contributed by atoms with Crippen molar-refractivity contribution in [2.45, 2.75) is 11.3 Å². The first-order valence-electron chi connectivity index (χ1n) is 6.43. The van der Waals surface area contributed by atoms with E-state index in [9.17, 15) is 13.2 Å². The van der Waals surface area contributed by atoms with Crippen LogP contribution in [-0.2, 0) is 19.5 Å². The molecule has 3 N–H and O–H groups in total. The first-order chi connectivity index (χ1) is 9.95. The molecule has 0 fully saturated rings. The van der Waals surface area contributed by atoms with Gasteiger partial charge in [0.15, 0.2) is 0 Å². The number of carbonyl (C=O) groups excluding carboxylic acids is 1. The summed E-state index contributed by atoms with van der Waals surface area (Å²) in [6, 6.07) is 5.59. The second kappa shape index (κ2) is 8.73. The maximum Gasteiger partial charge on any atom is 0.251 e. The average Bonchev–Trinajstić information content (AvgIpc) is 2.45. The number of hydrogen-bond acceptors (Lipinski definition) is 5. The maximum absolute atomic E-state index is 11.9. The van der Waals surface area contributed by atoms with Crippen molar-refractivity contribution >= 4 is 15.9 Å². The molecule has 7 nitrogen and oxygen atoms in total. The number of nitrogens with two attached hydrogens (primary N) is 1. The second-order valence-corrected chi connectivity index (χ2v) is 5.85. The summed E-state index contributed by atoms with van der Waals surface area (Å²) in [5.41, 5.74) is 0.252. The molecule has 8 heteroatoms. The van der Waals surface area contributed by atoms with Crippen LogP contribution in [0.5, 0.6) is 0 Å². The number of benzene rings is 1. The molecule has 1 aromatic carbocycles. The van der Waals surface area contributed by atoms with Crippen molar-refractivity contribution in [1.29, 1.82) is 0 Å². The Labute approximate surface area is 124 Å². The molecule has 0 saturated heterocycles. The fourth-order valence-corrected chi connectivity index (χ4v) is 2.10. The van der Waals surface area contributed by atoms with Gasteiger partial charge >= 0.3 is 0 Å². The zero-order valence-electron chi connectivity index (χ0n) is 11.9. The van der Waals surface area contributed by atoms with Crippen LogP contribution in [0.2, 0.25) is 0 Å². The van der Waals surface area contributed by atoms with Gasteiger partial charge in [0.2, 0.25) is 10.0 Å². The molecular weight excluding hydrogens is 296 g/mol. The molecule has 0 saturated carbocycles. The minimum Gasteiger partial charge on any atom is -0.382 e. The lowest BCUT2D eigenvalue weighted by atomic mass is 10.2. The summed E-state index contributed by atoms with van der Waals surface area (Å²) in [6.45, 7) is 2.00. The van der Waals surface area contributed by atoms with Crippen molar-refractivity contribution in [3.05, 3.63) is 29.8 Å². The van der Waals surface area contributed by atoms with Crippen LogP contribution in [0, 0.1) is 0 Å². The third-order valence-corrected chi connectivity index (χ3v) is 3.52. The monoisotopic (exact) mass is 316 g/mol. The molecule has 21 heavy (non-hydrogen) atoms. The van der Waals surface area contributed by atoms with E-state index in [-0.39, 0.29) is 16.4 Å². The van der Waals surface area contributed by atoms with E-state index in [1.807, 2.05) is 0 Å². The average molecular weight is 316 g/mol. The van der Waals surface area contributed by atoms with Crippen LogP contribution in [0.25, 0.3) is 0 Å². The molecule has 118 valence electrons. The quantitative estimate of drug-likeness (QED) is 0.629.